The van der Waals surface area contributed by atoms with E-state index < -0.39 is 11.7 Å². The molecule has 8 heteroatoms. The van der Waals surface area contributed by atoms with E-state index in [9.17, 15) is 13.2 Å². The summed E-state index contributed by atoms with van der Waals surface area (Å²) in [6, 6.07) is 17.5. The first-order valence-corrected chi connectivity index (χ1v) is 9.32. The molecule has 0 aliphatic carbocycles. The van der Waals surface area contributed by atoms with Gasteiger partial charge in [0.1, 0.15) is 5.82 Å². The van der Waals surface area contributed by atoms with Gasteiger partial charge in [-0.3, -0.25) is 0 Å². The lowest BCUT2D eigenvalue weighted by atomic mass is 10.1. The quantitative estimate of drug-likeness (QED) is 0.420. The Balaban J connectivity index is 1.77. The summed E-state index contributed by atoms with van der Waals surface area (Å²) >= 11 is 0. The van der Waals surface area contributed by atoms with E-state index in [2.05, 4.69) is 15.3 Å². The van der Waals surface area contributed by atoms with Crippen LogP contribution in [-0.2, 0) is 6.18 Å². The summed E-state index contributed by atoms with van der Waals surface area (Å²) in [5.74, 6) is 2.04. The van der Waals surface area contributed by atoms with E-state index in [1.807, 2.05) is 30.3 Å². The van der Waals surface area contributed by atoms with Crippen molar-refractivity contribution in [2.45, 2.75) is 6.18 Å². The normalized spacial score (nSPS) is 11.4. The molecule has 4 aromatic rings. The Morgan fingerprint density at radius 3 is 2.19 bits per heavy atom. The number of methoxy groups -OCH3 is 2. The topological polar surface area (TPSA) is 56.3 Å². The van der Waals surface area contributed by atoms with Crippen LogP contribution in [0.15, 0.2) is 66.7 Å². The highest BCUT2D eigenvalue weighted by molar-refractivity contribution is 5.92. The Kier molecular flexibility index (Phi) is 5.37. The average Bonchev–Trinajstić information content (AvgIpc) is 2.78. The third-order valence-electron chi connectivity index (χ3n) is 4.72. The summed E-state index contributed by atoms with van der Waals surface area (Å²) in [6.45, 7) is 0. The van der Waals surface area contributed by atoms with E-state index in [1.165, 1.54) is 12.1 Å². The van der Waals surface area contributed by atoms with E-state index in [1.54, 1.807) is 26.4 Å². The van der Waals surface area contributed by atoms with Crippen molar-refractivity contribution in [1.82, 2.24) is 9.97 Å². The maximum atomic E-state index is 12.9. The number of nitrogens with zero attached hydrogens (tertiary/aromatic N) is 2. The van der Waals surface area contributed by atoms with Gasteiger partial charge >= 0.3 is 6.18 Å². The van der Waals surface area contributed by atoms with Crippen LogP contribution >= 0.6 is 0 Å². The highest BCUT2D eigenvalue weighted by Gasteiger charge is 2.30. The largest absolute Gasteiger partial charge is 0.493 e. The molecule has 0 bridgehead atoms. The number of para-hydroxylation sites is 1. The average molecular weight is 425 g/mol. The first-order valence-electron chi connectivity index (χ1n) is 9.32. The maximum absolute atomic E-state index is 12.9. The van der Waals surface area contributed by atoms with Gasteiger partial charge in [0.25, 0.3) is 0 Å². The second-order valence-electron chi connectivity index (χ2n) is 6.68. The molecule has 0 aliphatic heterocycles. The van der Waals surface area contributed by atoms with Crippen molar-refractivity contribution in [2.24, 2.45) is 0 Å². The molecule has 158 valence electrons. The molecule has 4 rings (SSSR count). The first kappa shape index (κ1) is 20.5. The predicted molar refractivity (Wildman–Crippen MR) is 113 cm³/mol. The number of anilines is 2. The van der Waals surface area contributed by atoms with Crippen LogP contribution in [0.5, 0.6) is 11.5 Å². The minimum atomic E-state index is -4.39. The number of fused-ring (bicyclic) bond motifs is 1. The predicted octanol–water partition coefficient (Wildman–Crippen LogP) is 6.08. The van der Waals surface area contributed by atoms with Crippen LogP contribution in [0.4, 0.5) is 24.7 Å². The van der Waals surface area contributed by atoms with Crippen LogP contribution in [0.2, 0.25) is 0 Å². The highest BCUT2D eigenvalue weighted by Crippen LogP contribution is 2.34. The van der Waals surface area contributed by atoms with E-state index in [-0.39, 0.29) is 0 Å². The van der Waals surface area contributed by atoms with Crippen molar-refractivity contribution in [2.75, 3.05) is 19.5 Å². The van der Waals surface area contributed by atoms with E-state index in [0.29, 0.717) is 39.9 Å². The van der Waals surface area contributed by atoms with Gasteiger partial charge in [0.05, 0.1) is 25.3 Å². The van der Waals surface area contributed by atoms with Gasteiger partial charge < -0.3 is 14.8 Å². The van der Waals surface area contributed by atoms with Crippen LogP contribution < -0.4 is 14.8 Å². The molecule has 0 fully saturated rings. The minimum absolute atomic E-state index is 0.439. The Morgan fingerprint density at radius 2 is 1.52 bits per heavy atom. The number of benzene rings is 3. The molecule has 0 unspecified atom stereocenters. The molecular formula is C23H18F3N3O2. The van der Waals surface area contributed by atoms with Crippen molar-refractivity contribution in [3.63, 3.8) is 0 Å². The summed E-state index contributed by atoms with van der Waals surface area (Å²) in [4.78, 5) is 9.26. The monoisotopic (exact) mass is 425 g/mol. The number of aromatic nitrogens is 2. The van der Waals surface area contributed by atoms with Crippen LogP contribution in [0.1, 0.15) is 5.56 Å². The molecule has 1 aromatic heterocycles. The Bertz CT molecular complexity index is 1230. The van der Waals surface area contributed by atoms with Crippen molar-refractivity contribution in [1.29, 1.82) is 0 Å². The molecule has 3 aromatic carbocycles. The number of nitrogens with one attached hydrogen (secondary N) is 1. The third-order valence-corrected chi connectivity index (χ3v) is 4.72. The zero-order valence-electron chi connectivity index (χ0n) is 16.7. The molecule has 31 heavy (non-hydrogen) atoms. The molecule has 1 heterocycles. The van der Waals surface area contributed by atoms with Gasteiger partial charge in [-0.1, -0.05) is 12.1 Å². The van der Waals surface area contributed by atoms with Gasteiger partial charge in [-0.25, -0.2) is 9.97 Å². The molecule has 5 nitrogen and oxygen atoms in total. The van der Waals surface area contributed by atoms with Crippen LogP contribution in [0, 0.1) is 0 Å². The standard InChI is InChI=1S/C23H18F3N3O2/c1-30-19-12-7-14(13-20(19)31-2)21-28-18-6-4-3-5-17(18)22(29-21)27-16-10-8-15(9-11-16)23(24,25)26/h3-13H,1-2H3,(H,27,28,29). The van der Waals surface area contributed by atoms with E-state index in [4.69, 9.17) is 9.47 Å². The second kappa shape index (κ2) is 8.14. The Hall–Kier alpha value is -3.81. The van der Waals surface area contributed by atoms with Crippen LogP contribution in [0.3, 0.4) is 0 Å². The zero-order valence-corrected chi connectivity index (χ0v) is 16.7. The minimum Gasteiger partial charge on any atom is -0.493 e. The SMILES string of the molecule is COc1ccc(-c2nc(Nc3ccc(C(F)(F)F)cc3)c3ccccc3n2)cc1OC. The first-order chi connectivity index (χ1) is 14.9. The lowest BCUT2D eigenvalue weighted by Crippen LogP contribution is -2.05. The van der Waals surface area contributed by atoms with Crippen molar-refractivity contribution in [3.05, 3.63) is 72.3 Å². The molecule has 0 spiro atoms. The van der Waals surface area contributed by atoms with Gasteiger partial charge in [0, 0.05) is 16.6 Å². The number of alkyl halides is 3. The molecule has 0 saturated carbocycles. The highest BCUT2D eigenvalue weighted by atomic mass is 19.4. The number of halogens is 3. The van der Waals surface area contributed by atoms with Crippen molar-refractivity contribution < 1.29 is 22.6 Å². The number of rotatable bonds is 5. The van der Waals surface area contributed by atoms with Gasteiger partial charge in [-0.2, -0.15) is 13.2 Å². The molecular weight excluding hydrogens is 407 g/mol. The smallest absolute Gasteiger partial charge is 0.416 e. The molecule has 0 radical (unpaired) electrons. The van der Waals surface area contributed by atoms with E-state index >= 15 is 0 Å². The molecule has 0 atom stereocenters. The fourth-order valence-electron chi connectivity index (χ4n) is 3.16. The number of ether oxygens (including phenoxy) is 2. The van der Waals surface area contributed by atoms with Gasteiger partial charge in [-0.05, 0) is 54.6 Å². The van der Waals surface area contributed by atoms with Gasteiger partial charge in [0.2, 0.25) is 0 Å². The summed E-state index contributed by atoms with van der Waals surface area (Å²) in [5, 5.41) is 3.85. The summed E-state index contributed by atoms with van der Waals surface area (Å²) < 4.78 is 49.2. The summed E-state index contributed by atoms with van der Waals surface area (Å²) in [6.07, 6.45) is -4.39. The van der Waals surface area contributed by atoms with Gasteiger partial charge in [-0.15, -0.1) is 0 Å². The van der Waals surface area contributed by atoms with Crippen molar-refractivity contribution >= 4 is 22.4 Å². The molecule has 0 aliphatic rings. The lowest BCUT2D eigenvalue weighted by Gasteiger charge is -2.13. The van der Waals surface area contributed by atoms with Gasteiger partial charge in [0.15, 0.2) is 17.3 Å². The molecule has 1 N–H and O–H groups in total. The zero-order chi connectivity index (χ0) is 22.0. The fraction of sp³-hybridized carbons (Fsp3) is 0.130. The molecule has 0 saturated heterocycles. The Morgan fingerprint density at radius 1 is 0.806 bits per heavy atom. The summed E-state index contributed by atoms with van der Waals surface area (Å²) in [7, 11) is 3.09. The lowest BCUT2D eigenvalue weighted by molar-refractivity contribution is -0.137. The summed E-state index contributed by atoms with van der Waals surface area (Å²) in [5.41, 5.74) is 1.17. The number of hydrogen-bond donors (Lipinski definition) is 1. The maximum Gasteiger partial charge on any atom is 0.416 e. The fourth-order valence-corrected chi connectivity index (χ4v) is 3.16. The second-order valence-corrected chi connectivity index (χ2v) is 6.68. The van der Waals surface area contributed by atoms with Crippen LogP contribution in [-0.4, -0.2) is 24.2 Å². The molecule has 0 amide bonds. The van der Waals surface area contributed by atoms with Crippen molar-refractivity contribution in [3.8, 4) is 22.9 Å². The van der Waals surface area contributed by atoms with Crippen LogP contribution in [0.25, 0.3) is 22.3 Å². The Labute approximate surface area is 176 Å². The third kappa shape index (κ3) is 4.23. The van der Waals surface area contributed by atoms with E-state index in [0.717, 1.165) is 17.5 Å². The number of hydrogen-bond acceptors (Lipinski definition) is 5.